The molecule has 3 rings (SSSR count). The zero-order valence-corrected chi connectivity index (χ0v) is 14.5. The first-order chi connectivity index (χ1) is 11.1. The average molecular weight is 381 g/mol. The van der Waals surface area contributed by atoms with Gasteiger partial charge in [0.1, 0.15) is 17.8 Å². The highest BCUT2D eigenvalue weighted by molar-refractivity contribution is 9.10. The summed E-state index contributed by atoms with van der Waals surface area (Å²) in [5, 5.41) is 5.81. The molecular weight excluding hydrogens is 360 g/mol. The molecule has 0 atom stereocenters. The average Bonchev–Trinajstić information content (AvgIpc) is 3.28. The molecule has 1 aromatic carbocycles. The quantitative estimate of drug-likeness (QED) is 0.563. The van der Waals surface area contributed by atoms with Crippen LogP contribution in [0.2, 0.25) is 0 Å². The fourth-order valence-electron chi connectivity index (χ4n) is 2.67. The van der Waals surface area contributed by atoms with Crippen molar-refractivity contribution in [2.24, 2.45) is 5.41 Å². The third-order valence-electron chi connectivity index (χ3n) is 4.46. The molecule has 2 amide bonds. The second-order valence-corrected chi connectivity index (χ2v) is 7.16. The molecule has 0 aromatic heterocycles. The van der Waals surface area contributed by atoms with E-state index in [9.17, 15) is 9.59 Å². The number of hydrogen-bond donors (Lipinski definition) is 2. The lowest BCUT2D eigenvalue weighted by Gasteiger charge is -2.38. The Labute approximate surface area is 144 Å². The van der Waals surface area contributed by atoms with Gasteiger partial charge >= 0.3 is 0 Å². The molecular formula is C17H21BrN2O3. The van der Waals surface area contributed by atoms with Gasteiger partial charge in [-0.3, -0.25) is 9.59 Å². The molecule has 0 heterocycles. The number of carbonyl (C=O) groups excluding carboxylic acids is 2. The number of amides is 2. The Morgan fingerprint density at radius 1 is 1.17 bits per heavy atom. The van der Waals surface area contributed by atoms with Crippen LogP contribution in [0.5, 0.6) is 5.75 Å². The van der Waals surface area contributed by atoms with Gasteiger partial charge in [-0.25, -0.2) is 0 Å². The summed E-state index contributed by atoms with van der Waals surface area (Å²) in [5.74, 6) is 0.492. The van der Waals surface area contributed by atoms with E-state index in [1.165, 1.54) is 0 Å². The van der Waals surface area contributed by atoms with Crippen LogP contribution in [0.15, 0.2) is 28.7 Å². The highest BCUT2D eigenvalue weighted by Gasteiger charge is 2.51. The first-order valence-electron chi connectivity index (χ1n) is 8.08. The molecule has 0 aliphatic heterocycles. The highest BCUT2D eigenvalue weighted by atomic mass is 79.9. The summed E-state index contributed by atoms with van der Waals surface area (Å²) in [7, 11) is 0. The van der Waals surface area contributed by atoms with Gasteiger partial charge in [-0.05, 0) is 49.9 Å². The Bertz CT molecular complexity index is 580. The molecule has 0 radical (unpaired) electrons. The van der Waals surface area contributed by atoms with Crippen molar-refractivity contribution in [2.45, 2.75) is 38.1 Å². The topological polar surface area (TPSA) is 67.4 Å². The Hall–Kier alpha value is -1.56. The normalized spacial score (nSPS) is 18.7. The molecule has 6 heteroatoms. The number of benzene rings is 1. The van der Waals surface area contributed by atoms with Crippen molar-refractivity contribution >= 4 is 27.7 Å². The van der Waals surface area contributed by atoms with Crippen LogP contribution in [-0.4, -0.2) is 31.0 Å². The summed E-state index contributed by atoms with van der Waals surface area (Å²) in [6.07, 6.45) is 4.28. The summed E-state index contributed by atoms with van der Waals surface area (Å²) in [4.78, 5) is 24.7. The second-order valence-electron chi connectivity index (χ2n) is 6.24. The van der Waals surface area contributed by atoms with Crippen LogP contribution in [0, 0.1) is 5.41 Å². The van der Waals surface area contributed by atoms with Crippen molar-refractivity contribution < 1.29 is 14.3 Å². The van der Waals surface area contributed by atoms with Gasteiger partial charge in [-0.1, -0.05) is 22.4 Å². The summed E-state index contributed by atoms with van der Waals surface area (Å²) in [6.45, 7) is 0.779. The van der Waals surface area contributed by atoms with Crippen LogP contribution >= 0.6 is 15.9 Å². The summed E-state index contributed by atoms with van der Waals surface area (Å²) < 4.78 is 6.57. The highest BCUT2D eigenvalue weighted by Crippen LogP contribution is 2.42. The van der Waals surface area contributed by atoms with Gasteiger partial charge in [0.15, 0.2) is 0 Å². The molecule has 0 bridgehead atoms. The molecule has 5 nitrogen and oxygen atoms in total. The number of carbonyl (C=O) groups is 2. The molecule has 1 aromatic rings. The van der Waals surface area contributed by atoms with Gasteiger partial charge in [0.25, 0.3) is 0 Å². The van der Waals surface area contributed by atoms with Crippen molar-refractivity contribution in [3.63, 3.8) is 0 Å². The van der Waals surface area contributed by atoms with E-state index in [4.69, 9.17) is 4.74 Å². The van der Waals surface area contributed by atoms with Gasteiger partial charge in [-0.2, -0.15) is 0 Å². The van der Waals surface area contributed by atoms with E-state index in [1.807, 2.05) is 24.3 Å². The van der Waals surface area contributed by atoms with E-state index in [0.717, 1.165) is 29.5 Å². The molecule has 2 aliphatic carbocycles. The van der Waals surface area contributed by atoms with Crippen LogP contribution in [0.25, 0.3) is 0 Å². The number of rotatable bonds is 7. The van der Waals surface area contributed by atoms with Gasteiger partial charge in [0, 0.05) is 10.5 Å². The van der Waals surface area contributed by atoms with E-state index in [0.29, 0.717) is 26.0 Å². The molecule has 0 saturated heterocycles. The lowest BCUT2D eigenvalue weighted by atomic mass is 9.67. The fourth-order valence-corrected chi connectivity index (χ4v) is 2.94. The van der Waals surface area contributed by atoms with E-state index in [2.05, 4.69) is 26.6 Å². The minimum Gasteiger partial charge on any atom is -0.492 e. The van der Waals surface area contributed by atoms with Gasteiger partial charge < -0.3 is 15.4 Å². The van der Waals surface area contributed by atoms with Gasteiger partial charge in [0.05, 0.1) is 6.54 Å². The Morgan fingerprint density at radius 3 is 2.43 bits per heavy atom. The lowest BCUT2D eigenvalue weighted by molar-refractivity contribution is -0.149. The minimum absolute atomic E-state index is 0.0995. The van der Waals surface area contributed by atoms with Gasteiger partial charge in [-0.15, -0.1) is 0 Å². The van der Waals surface area contributed by atoms with E-state index in [-0.39, 0.29) is 17.9 Å². The largest absolute Gasteiger partial charge is 0.492 e. The first kappa shape index (κ1) is 16.3. The molecule has 0 spiro atoms. The third-order valence-corrected chi connectivity index (χ3v) is 4.99. The van der Waals surface area contributed by atoms with Crippen molar-refractivity contribution in [1.29, 1.82) is 0 Å². The Balaban J connectivity index is 1.44. The minimum atomic E-state index is -0.847. The first-order valence-corrected chi connectivity index (χ1v) is 8.87. The van der Waals surface area contributed by atoms with Crippen LogP contribution in [0.3, 0.4) is 0 Å². The number of hydrogen-bond acceptors (Lipinski definition) is 3. The maximum atomic E-state index is 12.4. The molecule has 0 unspecified atom stereocenters. The maximum Gasteiger partial charge on any atom is 0.235 e. The molecule has 2 fully saturated rings. The molecule has 2 aliphatic rings. The summed E-state index contributed by atoms with van der Waals surface area (Å²) in [5.41, 5.74) is -0.847. The van der Waals surface area contributed by atoms with Crippen molar-refractivity contribution in [3.05, 3.63) is 28.7 Å². The third kappa shape index (κ3) is 3.86. The van der Waals surface area contributed by atoms with E-state index >= 15 is 0 Å². The lowest BCUT2D eigenvalue weighted by Crippen LogP contribution is -2.56. The standard InChI is InChI=1S/C17H21BrN2O3/c18-12-2-6-14(7-3-12)23-11-10-19-15(21)17(8-1-9-17)16(22)20-13-4-5-13/h2-3,6-7,13H,1,4-5,8-11H2,(H,19,21)(H,20,22). The molecule has 2 N–H and O–H groups in total. The predicted molar refractivity (Wildman–Crippen MR) is 90.1 cm³/mol. The smallest absolute Gasteiger partial charge is 0.235 e. The SMILES string of the molecule is O=C(NCCOc1ccc(Br)cc1)C1(C(=O)NC2CC2)CCC1. The van der Waals surface area contributed by atoms with E-state index < -0.39 is 5.41 Å². The Morgan fingerprint density at radius 2 is 1.87 bits per heavy atom. The maximum absolute atomic E-state index is 12.4. The van der Waals surface area contributed by atoms with Crippen LogP contribution in [0.1, 0.15) is 32.1 Å². The molecule has 23 heavy (non-hydrogen) atoms. The summed E-state index contributed by atoms with van der Waals surface area (Å²) in [6, 6.07) is 7.82. The van der Waals surface area contributed by atoms with Crippen LogP contribution < -0.4 is 15.4 Å². The predicted octanol–water partition coefficient (Wildman–Crippen LogP) is 2.39. The van der Waals surface area contributed by atoms with E-state index in [1.54, 1.807) is 0 Å². The number of ether oxygens (including phenoxy) is 1. The van der Waals surface area contributed by atoms with Crippen LogP contribution in [-0.2, 0) is 9.59 Å². The second kappa shape index (κ2) is 6.91. The van der Waals surface area contributed by atoms with Crippen molar-refractivity contribution in [1.82, 2.24) is 10.6 Å². The van der Waals surface area contributed by atoms with Crippen molar-refractivity contribution in [3.8, 4) is 5.75 Å². The van der Waals surface area contributed by atoms with Crippen molar-refractivity contribution in [2.75, 3.05) is 13.2 Å². The summed E-state index contributed by atoms with van der Waals surface area (Å²) >= 11 is 3.37. The number of halogens is 1. The molecule has 2 saturated carbocycles. The van der Waals surface area contributed by atoms with Gasteiger partial charge in [0.2, 0.25) is 11.8 Å². The monoisotopic (exact) mass is 380 g/mol. The Kier molecular flexibility index (Phi) is 4.90. The fraction of sp³-hybridized carbons (Fsp3) is 0.529. The molecule has 124 valence electrons. The zero-order valence-electron chi connectivity index (χ0n) is 12.9. The zero-order chi connectivity index (χ0) is 16.3. The number of nitrogens with one attached hydrogen (secondary N) is 2. The van der Waals surface area contributed by atoms with Crippen LogP contribution in [0.4, 0.5) is 0 Å².